The Bertz CT molecular complexity index is 229. The zero-order chi connectivity index (χ0) is 10.2. The SMILES string of the molecule is C[C@H](NCCOCCO)c1nccs1. The molecular weight excluding hydrogens is 200 g/mol. The van der Waals surface area contributed by atoms with E-state index in [9.17, 15) is 0 Å². The van der Waals surface area contributed by atoms with Gasteiger partial charge in [-0.25, -0.2) is 4.98 Å². The molecule has 14 heavy (non-hydrogen) atoms. The molecule has 0 aliphatic rings. The minimum absolute atomic E-state index is 0.0854. The summed E-state index contributed by atoms with van der Waals surface area (Å²) in [5.41, 5.74) is 0. The van der Waals surface area contributed by atoms with E-state index in [1.807, 2.05) is 5.38 Å². The van der Waals surface area contributed by atoms with E-state index in [4.69, 9.17) is 9.84 Å². The Balaban J connectivity index is 2.07. The van der Waals surface area contributed by atoms with Crippen LogP contribution in [0.5, 0.6) is 0 Å². The van der Waals surface area contributed by atoms with Crippen molar-refractivity contribution in [1.29, 1.82) is 0 Å². The van der Waals surface area contributed by atoms with E-state index in [1.54, 1.807) is 17.5 Å². The van der Waals surface area contributed by atoms with Crippen LogP contribution >= 0.6 is 11.3 Å². The van der Waals surface area contributed by atoms with Gasteiger partial charge >= 0.3 is 0 Å². The lowest BCUT2D eigenvalue weighted by Crippen LogP contribution is -2.23. The molecule has 1 aromatic heterocycles. The first kappa shape index (κ1) is 11.6. The number of thiazole rings is 1. The van der Waals surface area contributed by atoms with Gasteiger partial charge in [-0.15, -0.1) is 11.3 Å². The molecule has 0 unspecified atom stereocenters. The third kappa shape index (κ3) is 4.15. The van der Waals surface area contributed by atoms with Crippen molar-refractivity contribution in [2.45, 2.75) is 13.0 Å². The average Bonchev–Trinajstić information content (AvgIpc) is 2.70. The Morgan fingerprint density at radius 3 is 3.14 bits per heavy atom. The Morgan fingerprint density at radius 1 is 1.64 bits per heavy atom. The molecule has 80 valence electrons. The lowest BCUT2D eigenvalue weighted by molar-refractivity contribution is 0.0928. The molecule has 0 amide bonds. The van der Waals surface area contributed by atoms with Crippen LogP contribution in [0.15, 0.2) is 11.6 Å². The van der Waals surface area contributed by atoms with Gasteiger partial charge in [0.1, 0.15) is 5.01 Å². The highest BCUT2D eigenvalue weighted by Gasteiger charge is 2.05. The average molecular weight is 216 g/mol. The van der Waals surface area contributed by atoms with E-state index in [0.29, 0.717) is 13.2 Å². The minimum atomic E-state index is 0.0854. The van der Waals surface area contributed by atoms with Crippen molar-refractivity contribution >= 4 is 11.3 Å². The van der Waals surface area contributed by atoms with Crippen LogP contribution in [0.25, 0.3) is 0 Å². The van der Waals surface area contributed by atoms with E-state index in [1.165, 1.54) is 0 Å². The fourth-order valence-electron chi connectivity index (χ4n) is 1.05. The van der Waals surface area contributed by atoms with Gasteiger partial charge in [0.25, 0.3) is 0 Å². The van der Waals surface area contributed by atoms with Crippen molar-refractivity contribution in [3.05, 3.63) is 16.6 Å². The number of nitrogens with zero attached hydrogens (tertiary/aromatic N) is 1. The van der Waals surface area contributed by atoms with Crippen LogP contribution in [-0.2, 0) is 4.74 Å². The molecule has 0 aliphatic heterocycles. The number of aromatic nitrogens is 1. The summed E-state index contributed by atoms with van der Waals surface area (Å²) in [7, 11) is 0. The van der Waals surface area contributed by atoms with Crippen LogP contribution in [0.4, 0.5) is 0 Å². The number of aliphatic hydroxyl groups excluding tert-OH is 1. The van der Waals surface area contributed by atoms with Crippen molar-refractivity contribution in [2.24, 2.45) is 0 Å². The summed E-state index contributed by atoms with van der Waals surface area (Å²) < 4.78 is 5.12. The van der Waals surface area contributed by atoms with Crippen molar-refractivity contribution in [3.63, 3.8) is 0 Å². The number of aliphatic hydroxyl groups is 1. The summed E-state index contributed by atoms with van der Waals surface area (Å²) >= 11 is 1.64. The summed E-state index contributed by atoms with van der Waals surface area (Å²) in [6.07, 6.45) is 1.81. The molecule has 0 saturated heterocycles. The first-order valence-corrected chi connectivity index (χ1v) is 5.54. The normalized spacial score (nSPS) is 13.0. The Kier molecular flexibility index (Phi) is 5.70. The van der Waals surface area contributed by atoms with Gasteiger partial charge in [0.2, 0.25) is 0 Å². The van der Waals surface area contributed by atoms with Gasteiger partial charge in [-0.1, -0.05) is 0 Å². The summed E-state index contributed by atoms with van der Waals surface area (Å²) in [5.74, 6) is 0. The van der Waals surface area contributed by atoms with E-state index in [0.717, 1.165) is 11.6 Å². The number of rotatable bonds is 7. The fourth-order valence-corrected chi connectivity index (χ4v) is 1.72. The van der Waals surface area contributed by atoms with Crippen molar-refractivity contribution in [2.75, 3.05) is 26.4 Å². The number of hydrogen-bond acceptors (Lipinski definition) is 5. The Morgan fingerprint density at radius 2 is 2.50 bits per heavy atom. The number of hydrogen-bond donors (Lipinski definition) is 2. The molecule has 0 spiro atoms. The Labute approximate surface area is 87.9 Å². The van der Waals surface area contributed by atoms with Gasteiger partial charge < -0.3 is 15.2 Å². The molecule has 1 rings (SSSR count). The fraction of sp³-hybridized carbons (Fsp3) is 0.667. The van der Waals surface area contributed by atoms with Crippen LogP contribution in [0.3, 0.4) is 0 Å². The highest BCUT2D eigenvalue weighted by molar-refractivity contribution is 7.09. The van der Waals surface area contributed by atoms with Crippen molar-refractivity contribution in [3.8, 4) is 0 Å². The van der Waals surface area contributed by atoms with Crippen LogP contribution < -0.4 is 5.32 Å². The first-order valence-electron chi connectivity index (χ1n) is 4.66. The maximum absolute atomic E-state index is 8.47. The van der Waals surface area contributed by atoms with Crippen LogP contribution in [0.2, 0.25) is 0 Å². The monoisotopic (exact) mass is 216 g/mol. The zero-order valence-corrected chi connectivity index (χ0v) is 9.09. The molecule has 1 heterocycles. The molecule has 5 heteroatoms. The standard InChI is InChI=1S/C9H16N2O2S/c1-8(9-11-3-7-14-9)10-2-5-13-6-4-12/h3,7-8,10,12H,2,4-6H2,1H3/t8-/m0/s1. The van der Waals surface area contributed by atoms with Gasteiger partial charge in [-0.2, -0.15) is 0 Å². The predicted molar refractivity (Wildman–Crippen MR) is 56.4 cm³/mol. The molecule has 4 nitrogen and oxygen atoms in total. The van der Waals surface area contributed by atoms with Crippen LogP contribution in [-0.4, -0.2) is 36.5 Å². The summed E-state index contributed by atoms with van der Waals surface area (Å²) in [4.78, 5) is 4.21. The predicted octanol–water partition coefficient (Wildman–Crippen LogP) is 0.803. The van der Waals surface area contributed by atoms with Gasteiger partial charge in [0.05, 0.1) is 25.9 Å². The molecule has 0 aromatic carbocycles. The molecule has 0 aliphatic carbocycles. The lowest BCUT2D eigenvalue weighted by Gasteiger charge is -2.10. The molecule has 0 fully saturated rings. The summed E-state index contributed by atoms with van der Waals surface area (Å²) in [6, 6.07) is 0.271. The second-order valence-corrected chi connectivity index (χ2v) is 3.81. The zero-order valence-electron chi connectivity index (χ0n) is 8.27. The quantitative estimate of drug-likeness (QED) is 0.662. The smallest absolute Gasteiger partial charge is 0.109 e. The second kappa shape index (κ2) is 6.89. The number of ether oxygens (including phenoxy) is 1. The third-order valence-electron chi connectivity index (χ3n) is 1.75. The van der Waals surface area contributed by atoms with Gasteiger partial charge in [0, 0.05) is 18.1 Å². The molecule has 2 N–H and O–H groups in total. The first-order chi connectivity index (χ1) is 6.84. The van der Waals surface area contributed by atoms with E-state index < -0.39 is 0 Å². The number of nitrogens with one attached hydrogen (secondary N) is 1. The maximum Gasteiger partial charge on any atom is 0.109 e. The molecule has 0 saturated carbocycles. The summed E-state index contributed by atoms with van der Waals surface area (Å²) in [6.45, 7) is 3.97. The maximum atomic E-state index is 8.47. The second-order valence-electron chi connectivity index (χ2n) is 2.88. The van der Waals surface area contributed by atoms with Gasteiger partial charge in [0.15, 0.2) is 0 Å². The molecule has 1 atom stereocenters. The lowest BCUT2D eigenvalue weighted by atomic mass is 10.3. The van der Waals surface area contributed by atoms with Crippen molar-refractivity contribution in [1.82, 2.24) is 10.3 Å². The van der Waals surface area contributed by atoms with E-state index in [-0.39, 0.29) is 12.6 Å². The summed E-state index contributed by atoms with van der Waals surface area (Å²) in [5, 5.41) is 14.8. The minimum Gasteiger partial charge on any atom is -0.394 e. The van der Waals surface area contributed by atoms with Gasteiger partial charge in [-0.3, -0.25) is 0 Å². The highest BCUT2D eigenvalue weighted by atomic mass is 32.1. The van der Waals surface area contributed by atoms with Crippen LogP contribution in [0, 0.1) is 0 Å². The largest absolute Gasteiger partial charge is 0.394 e. The van der Waals surface area contributed by atoms with Crippen LogP contribution in [0.1, 0.15) is 18.0 Å². The van der Waals surface area contributed by atoms with E-state index >= 15 is 0 Å². The molecule has 0 radical (unpaired) electrons. The van der Waals surface area contributed by atoms with Crippen molar-refractivity contribution < 1.29 is 9.84 Å². The topological polar surface area (TPSA) is 54.4 Å². The van der Waals surface area contributed by atoms with E-state index in [2.05, 4.69) is 17.2 Å². The Hall–Kier alpha value is -0.490. The van der Waals surface area contributed by atoms with Gasteiger partial charge in [-0.05, 0) is 6.92 Å². The molecule has 1 aromatic rings. The molecular formula is C9H16N2O2S. The molecule has 0 bridgehead atoms. The third-order valence-corrected chi connectivity index (χ3v) is 2.71. The highest BCUT2D eigenvalue weighted by Crippen LogP contribution is 2.13.